The first-order valence-electron chi connectivity index (χ1n) is 9.57. The standard InChI is InChI=1S/C22H33Si.3ClH.Ti/c1-7-9-13-23(6,20-15-17(3)14-18(4)16-20)22-12-10-11-21(22)19(5)8-2;;;;/h12,14-16,19H,7-10,13H2,1-6H3;3*1H;/q;;;;+3/p-3. The van der Waals surface area contributed by atoms with Crippen LogP contribution in [0.3, 0.4) is 0 Å². The molecule has 0 saturated carbocycles. The molecule has 2 unspecified atom stereocenters. The van der Waals surface area contributed by atoms with Crippen LogP contribution >= 0.6 is 0 Å². The third-order valence-electron chi connectivity index (χ3n) is 5.71. The van der Waals surface area contributed by atoms with E-state index in [9.17, 15) is 0 Å². The zero-order chi connectivity index (χ0) is 17.9. The van der Waals surface area contributed by atoms with E-state index in [1.807, 2.05) is 0 Å². The summed E-state index contributed by atoms with van der Waals surface area (Å²) in [7, 11) is -1.66. The molecule has 0 aromatic heterocycles. The second-order valence-electron chi connectivity index (χ2n) is 7.84. The molecule has 0 aliphatic heterocycles. The van der Waals surface area contributed by atoms with Gasteiger partial charge in [-0.3, -0.25) is 0 Å². The molecule has 1 aliphatic rings. The molecule has 5 heteroatoms. The first kappa shape index (κ1) is 29.7. The van der Waals surface area contributed by atoms with Gasteiger partial charge in [-0.1, -0.05) is 0 Å². The minimum absolute atomic E-state index is 0. The molecule has 2 atom stereocenters. The normalized spacial score (nSPS) is 16.5. The molecule has 1 aromatic carbocycles. The van der Waals surface area contributed by atoms with Gasteiger partial charge in [0.1, 0.15) is 0 Å². The molecule has 0 heterocycles. The largest absolute Gasteiger partial charge is 1.00 e. The maximum absolute atomic E-state index is 2.63. The second kappa shape index (κ2) is 12.9. The number of aryl methyl sites for hydroxylation is 2. The Balaban J connectivity index is 0. The Morgan fingerprint density at radius 1 is 1.04 bits per heavy atom. The van der Waals surface area contributed by atoms with Crippen LogP contribution in [0.15, 0.2) is 38.9 Å². The maximum atomic E-state index is 2.63. The van der Waals surface area contributed by atoms with Crippen molar-refractivity contribution >= 4 is 13.3 Å². The molecule has 0 amide bonds. The molecular formula is C22H33Cl3SiTi. The summed E-state index contributed by atoms with van der Waals surface area (Å²) < 4.78 is 1.62. The first-order valence-corrected chi connectivity index (χ1v) is 13.1. The Bertz CT molecular complexity index is 649. The van der Waals surface area contributed by atoms with E-state index in [1.54, 1.807) is 19.8 Å². The van der Waals surface area contributed by atoms with Gasteiger partial charge in [0.25, 0.3) is 0 Å². The van der Waals surface area contributed by atoms with Crippen molar-refractivity contribution in [2.24, 2.45) is 5.92 Å². The van der Waals surface area contributed by atoms with Gasteiger partial charge in [-0.25, -0.2) is 0 Å². The van der Waals surface area contributed by atoms with Crippen LogP contribution in [-0.2, 0) is 20.4 Å². The van der Waals surface area contributed by atoms with Gasteiger partial charge in [0.2, 0.25) is 0 Å². The minimum atomic E-state index is -1.66. The van der Waals surface area contributed by atoms with Gasteiger partial charge in [-0.05, 0) is 0 Å². The van der Waals surface area contributed by atoms with Crippen molar-refractivity contribution in [3.05, 3.63) is 50.0 Å². The average molecular weight is 480 g/mol. The van der Waals surface area contributed by atoms with Gasteiger partial charge in [0, 0.05) is 0 Å². The number of rotatable bonds is 7. The zero-order valence-electron chi connectivity index (χ0n) is 17.6. The minimum Gasteiger partial charge on any atom is -1.00 e. The van der Waals surface area contributed by atoms with E-state index in [0.29, 0.717) is 5.92 Å². The van der Waals surface area contributed by atoms with Crippen LogP contribution in [0.2, 0.25) is 12.6 Å². The van der Waals surface area contributed by atoms with E-state index in [0.717, 1.165) is 0 Å². The molecule has 0 N–H and O–H groups in total. The van der Waals surface area contributed by atoms with Crippen LogP contribution in [0.5, 0.6) is 0 Å². The summed E-state index contributed by atoms with van der Waals surface area (Å²) in [6.45, 7) is 14.2. The summed E-state index contributed by atoms with van der Waals surface area (Å²) in [6, 6.07) is 8.67. The molecule has 150 valence electrons. The van der Waals surface area contributed by atoms with Gasteiger partial charge in [-0.2, -0.15) is 0 Å². The van der Waals surface area contributed by atoms with Crippen molar-refractivity contribution in [2.75, 3.05) is 0 Å². The zero-order valence-corrected chi connectivity index (χ0v) is 22.4. The smallest absolute Gasteiger partial charge is 1.00 e. The number of benzene rings is 1. The van der Waals surface area contributed by atoms with E-state index in [4.69, 9.17) is 0 Å². The van der Waals surface area contributed by atoms with Crippen LogP contribution in [-0.4, -0.2) is 8.07 Å². The van der Waals surface area contributed by atoms with E-state index in [2.05, 4.69) is 85.9 Å². The Morgan fingerprint density at radius 2 is 1.59 bits per heavy atom. The predicted molar refractivity (Wildman–Crippen MR) is 106 cm³/mol. The van der Waals surface area contributed by atoms with Crippen LogP contribution in [0.25, 0.3) is 0 Å². The maximum Gasteiger partial charge on any atom is -1.00 e. The fourth-order valence-electron chi connectivity index (χ4n) is 4.13. The fraction of sp³-hybridized carbons (Fsp3) is 0.545. The van der Waals surface area contributed by atoms with Crippen molar-refractivity contribution in [3.63, 3.8) is 0 Å². The topological polar surface area (TPSA) is 0 Å². The average Bonchev–Trinajstić information content (AvgIpc) is 2.93. The SMILES string of the molecule is CCCC[Si](C)(C1=CC[C]([Ti+3])=C1C(C)CC)c1cc(C)cc(C)c1.[Cl-].[Cl-].[Cl-]. The molecule has 0 saturated heterocycles. The van der Waals surface area contributed by atoms with Crippen molar-refractivity contribution in [3.8, 4) is 0 Å². The van der Waals surface area contributed by atoms with E-state index < -0.39 is 8.07 Å². The molecule has 27 heavy (non-hydrogen) atoms. The fourth-order valence-corrected chi connectivity index (χ4v) is 9.65. The van der Waals surface area contributed by atoms with Gasteiger partial charge < -0.3 is 37.2 Å². The first-order chi connectivity index (χ1) is 11.3. The summed E-state index contributed by atoms with van der Waals surface area (Å²) >= 11 is 2.36. The van der Waals surface area contributed by atoms with E-state index in [1.165, 1.54) is 42.9 Å². The molecule has 1 aliphatic carbocycles. The van der Waals surface area contributed by atoms with Crippen LogP contribution in [0, 0.1) is 19.8 Å². The van der Waals surface area contributed by atoms with Crippen molar-refractivity contribution in [1.82, 2.24) is 0 Å². The molecule has 0 nitrogen and oxygen atoms in total. The van der Waals surface area contributed by atoms with Gasteiger partial charge in [0.15, 0.2) is 0 Å². The summed E-state index contributed by atoms with van der Waals surface area (Å²) in [5, 5.41) is 3.41. The Labute approximate surface area is 198 Å². The molecule has 0 radical (unpaired) electrons. The van der Waals surface area contributed by atoms with Gasteiger partial charge in [0.05, 0.1) is 0 Å². The third kappa shape index (κ3) is 6.76. The molecular weight excluding hydrogens is 447 g/mol. The molecule has 0 fully saturated rings. The number of unbranched alkanes of at least 4 members (excludes halogenated alkanes) is 1. The Kier molecular flexibility index (Phi) is 14.2. The molecule has 2 rings (SSSR count). The van der Waals surface area contributed by atoms with Crippen LogP contribution in [0.1, 0.15) is 57.6 Å². The predicted octanol–water partition coefficient (Wildman–Crippen LogP) is -2.88. The van der Waals surface area contributed by atoms with E-state index in [-0.39, 0.29) is 37.2 Å². The van der Waals surface area contributed by atoms with Crippen LogP contribution < -0.4 is 42.4 Å². The quantitative estimate of drug-likeness (QED) is 0.369. The number of hydrogen-bond acceptors (Lipinski definition) is 0. The van der Waals surface area contributed by atoms with Crippen molar-refractivity contribution in [1.29, 1.82) is 0 Å². The third-order valence-corrected chi connectivity index (χ3v) is 11.0. The number of allylic oxidation sites excluding steroid dienone is 4. The van der Waals surface area contributed by atoms with Crippen molar-refractivity contribution < 1.29 is 57.7 Å². The van der Waals surface area contributed by atoms with E-state index >= 15 is 0 Å². The summed E-state index contributed by atoms with van der Waals surface area (Å²) in [6.07, 6.45) is 7.65. The van der Waals surface area contributed by atoms with Gasteiger partial charge in [-0.15, -0.1) is 0 Å². The molecule has 0 spiro atoms. The summed E-state index contributed by atoms with van der Waals surface area (Å²) in [4.78, 5) is 0. The van der Waals surface area contributed by atoms with Crippen LogP contribution in [0.4, 0.5) is 0 Å². The monoisotopic (exact) mass is 478 g/mol. The number of halogens is 3. The summed E-state index contributed by atoms with van der Waals surface area (Å²) in [5.41, 5.74) is 4.55. The summed E-state index contributed by atoms with van der Waals surface area (Å²) in [5.74, 6) is 0.693. The second-order valence-corrected chi connectivity index (χ2v) is 13.1. The Hall–Kier alpha value is 0.501. The number of hydrogen-bond donors (Lipinski definition) is 0. The molecule has 1 aromatic rings. The Morgan fingerprint density at radius 3 is 2.07 bits per heavy atom. The van der Waals surface area contributed by atoms with Crippen molar-refractivity contribution in [2.45, 2.75) is 72.9 Å². The van der Waals surface area contributed by atoms with Gasteiger partial charge >= 0.3 is 163 Å². The molecule has 0 bridgehead atoms.